The molecular formula is C16H25NO. The van der Waals surface area contributed by atoms with Crippen LogP contribution in [0.3, 0.4) is 0 Å². The van der Waals surface area contributed by atoms with Gasteiger partial charge in [0.15, 0.2) is 0 Å². The van der Waals surface area contributed by atoms with E-state index in [1.165, 1.54) is 37.1 Å². The maximum Gasteiger partial charge on any atom is 0.122 e. The van der Waals surface area contributed by atoms with Crippen molar-refractivity contribution in [3.63, 3.8) is 0 Å². The maximum absolute atomic E-state index is 10.2. The van der Waals surface area contributed by atoms with Gasteiger partial charge in [-0.15, -0.1) is 0 Å². The molecule has 1 aliphatic carbocycles. The molecule has 0 radical (unpaired) electrons. The van der Waals surface area contributed by atoms with E-state index in [-0.39, 0.29) is 0 Å². The first-order chi connectivity index (χ1) is 8.67. The number of phenolic OH excluding ortho intramolecular Hbond substituents is 1. The zero-order chi connectivity index (χ0) is 13.1. The van der Waals surface area contributed by atoms with E-state index in [2.05, 4.69) is 24.8 Å². The van der Waals surface area contributed by atoms with Gasteiger partial charge in [0.25, 0.3) is 0 Å². The van der Waals surface area contributed by atoms with E-state index in [1.807, 2.05) is 13.0 Å². The molecule has 0 spiro atoms. The topological polar surface area (TPSA) is 23.5 Å². The molecule has 0 bridgehead atoms. The van der Waals surface area contributed by atoms with E-state index in [4.69, 9.17) is 0 Å². The van der Waals surface area contributed by atoms with Crippen LogP contribution in [-0.2, 0) is 12.8 Å². The Morgan fingerprint density at radius 2 is 1.83 bits per heavy atom. The molecule has 100 valence electrons. The Morgan fingerprint density at radius 1 is 1.17 bits per heavy atom. The lowest BCUT2D eigenvalue weighted by molar-refractivity contribution is 0.201. The van der Waals surface area contributed by atoms with Crippen LogP contribution in [0.2, 0.25) is 0 Å². The van der Waals surface area contributed by atoms with Crippen molar-refractivity contribution in [3.05, 3.63) is 28.8 Å². The average molecular weight is 247 g/mol. The predicted molar refractivity (Wildman–Crippen MR) is 76.2 cm³/mol. The number of benzene rings is 1. The smallest absolute Gasteiger partial charge is 0.122 e. The molecule has 0 saturated heterocycles. The second kappa shape index (κ2) is 5.75. The molecule has 1 aromatic rings. The first-order valence-electron chi connectivity index (χ1n) is 7.21. The van der Waals surface area contributed by atoms with Gasteiger partial charge in [0.05, 0.1) is 0 Å². The van der Waals surface area contributed by atoms with Crippen LogP contribution in [0, 0.1) is 6.92 Å². The summed E-state index contributed by atoms with van der Waals surface area (Å²) >= 11 is 0. The van der Waals surface area contributed by atoms with Crippen LogP contribution in [0.1, 0.15) is 43.4 Å². The Balaban J connectivity index is 2.15. The van der Waals surface area contributed by atoms with E-state index in [0.29, 0.717) is 11.8 Å². The molecule has 1 N–H and O–H groups in total. The molecule has 2 nitrogen and oxygen atoms in total. The van der Waals surface area contributed by atoms with Gasteiger partial charge in [-0.05, 0) is 62.4 Å². The SMILES string of the molecule is CCCN(CCC)[C@H]1Cc2ccc(C)c(O)c2C1. The summed E-state index contributed by atoms with van der Waals surface area (Å²) in [5.74, 6) is 0.531. The summed E-state index contributed by atoms with van der Waals surface area (Å²) in [5.41, 5.74) is 3.55. The standard InChI is InChI=1S/C16H25NO/c1-4-8-17(9-5-2)14-10-13-7-6-12(3)16(18)15(13)11-14/h6-7,14,18H,4-5,8-11H2,1-3H3/t14-/m0/s1. The van der Waals surface area contributed by atoms with Gasteiger partial charge < -0.3 is 5.11 Å². The van der Waals surface area contributed by atoms with Gasteiger partial charge in [0.1, 0.15) is 5.75 Å². The summed E-state index contributed by atoms with van der Waals surface area (Å²) in [5, 5.41) is 10.2. The Hall–Kier alpha value is -1.02. The molecule has 1 atom stereocenters. The minimum Gasteiger partial charge on any atom is -0.507 e. The molecule has 0 unspecified atom stereocenters. The summed E-state index contributed by atoms with van der Waals surface area (Å²) in [6, 6.07) is 4.83. The normalized spacial score (nSPS) is 18.3. The third kappa shape index (κ3) is 2.54. The van der Waals surface area contributed by atoms with Crippen molar-refractivity contribution < 1.29 is 5.11 Å². The lowest BCUT2D eigenvalue weighted by Crippen LogP contribution is -2.37. The predicted octanol–water partition coefficient (Wildman–Crippen LogP) is 3.29. The van der Waals surface area contributed by atoms with Crippen LogP contribution in [0.15, 0.2) is 12.1 Å². The number of rotatable bonds is 5. The fourth-order valence-corrected chi connectivity index (χ4v) is 3.09. The Bertz CT molecular complexity index is 408. The van der Waals surface area contributed by atoms with Crippen LogP contribution in [0.4, 0.5) is 0 Å². The summed E-state index contributed by atoms with van der Waals surface area (Å²) in [6.07, 6.45) is 4.53. The quantitative estimate of drug-likeness (QED) is 0.863. The van der Waals surface area contributed by atoms with E-state index >= 15 is 0 Å². The minimum absolute atomic E-state index is 0.531. The van der Waals surface area contributed by atoms with Crippen molar-refractivity contribution in [1.82, 2.24) is 4.90 Å². The molecular weight excluding hydrogens is 222 g/mol. The molecule has 0 saturated carbocycles. The van der Waals surface area contributed by atoms with E-state index in [1.54, 1.807) is 0 Å². The number of fused-ring (bicyclic) bond motifs is 1. The van der Waals surface area contributed by atoms with E-state index in [9.17, 15) is 5.11 Å². The Kier molecular flexibility index (Phi) is 4.28. The van der Waals surface area contributed by atoms with Gasteiger partial charge in [-0.2, -0.15) is 0 Å². The fraction of sp³-hybridized carbons (Fsp3) is 0.625. The third-order valence-electron chi connectivity index (χ3n) is 4.01. The number of hydrogen-bond donors (Lipinski definition) is 1. The van der Waals surface area contributed by atoms with Crippen LogP contribution in [0.5, 0.6) is 5.75 Å². The molecule has 0 aromatic heterocycles. The zero-order valence-electron chi connectivity index (χ0n) is 11.9. The highest BCUT2D eigenvalue weighted by molar-refractivity contribution is 5.48. The first kappa shape index (κ1) is 13.4. The lowest BCUT2D eigenvalue weighted by atomic mass is 10.1. The highest BCUT2D eigenvalue weighted by atomic mass is 16.3. The number of aryl methyl sites for hydroxylation is 1. The lowest BCUT2D eigenvalue weighted by Gasteiger charge is -2.27. The minimum atomic E-state index is 0.531. The molecule has 18 heavy (non-hydrogen) atoms. The molecule has 1 aromatic carbocycles. The van der Waals surface area contributed by atoms with Crippen molar-refractivity contribution >= 4 is 0 Å². The van der Waals surface area contributed by atoms with Gasteiger partial charge in [-0.1, -0.05) is 26.0 Å². The summed E-state index contributed by atoms with van der Waals surface area (Å²) in [6.45, 7) is 8.82. The van der Waals surface area contributed by atoms with E-state index in [0.717, 1.165) is 18.4 Å². The number of nitrogens with zero attached hydrogens (tertiary/aromatic N) is 1. The molecule has 1 aliphatic rings. The number of aromatic hydroxyl groups is 1. The van der Waals surface area contributed by atoms with E-state index < -0.39 is 0 Å². The van der Waals surface area contributed by atoms with Crippen molar-refractivity contribution in [2.45, 2.75) is 52.5 Å². The second-order valence-electron chi connectivity index (χ2n) is 5.47. The summed E-state index contributed by atoms with van der Waals surface area (Å²) < 4.78 is 0. The number of hydrogen-bond acceptors (Lipinski definition) is 2. The number of phenols is 1. The van der Waals surface area contributed by atoms with Crippen LogP contribution in [-0.4, -0.2) is 29.1 Å². The largest absolute Gasteiger partial charge is 0.507 e. The van der Waals surface area contributed by atoms with Crippen LogP contribution < -0.4 is 0 Å². The van der Waals surface area contributed by atoms with Gasteiger partial charge >= 0.3 is 0 Å². The monoisotopic (exact) mass is 247 g/mol. The third-order valence-corrected chi connectivity index (χ3v) is 4.01. The van der Waals surface area contributed by atoms with Crippen molar-refractivity contribution in [1.29, 1.82) is 0 Å². The van der Waals surface area contributed by atoms with Gasteiger partial charge in [0.2, 0.25) is 0 Å². The fourth-order valence-electron chi connectivity index (χ4n) is 3.09. The van der Waals surface area contributed by atoms with Crippen molar-refractivity contribution in [2.24, 2.45) is 0 Å². The zero-order valence-corrected chi connectivity index (χ0v) is 11.9. The van der Waals surface area contributed by atoms with Gasteiger partial charge in [-0.25, -0.2) is 0 Å². The Labute approximate surface area is 111 Å². The molecule has 0 heterocycles. The highest BCUT2D eigenvalue weighted by Gasteiger charge is 2.28. The van der Waals surface area contributed by atoms with Crippen LogP contribution >= 0.6 is 0 Å². The summed E-state index contributed by atoms with van der Waals surface area (Å²) in [4.78, 5) is 2.59. The maximum atomic E-state index is 10.2. The van der Waals surface area contributed by atoms with Crippen LogP contribution in [0.25, 0.3) is 0 Å². The molecule has 2 heteroatoms. The molecule has 0 fully saturated rings. The van der Waals surface area contributed by atoms with Crippen molar-refractivity contribution in [2.75, 3.05) is 13.1 Å². The molecule has 0 aliphatic heterocycles. The van der Waals surface area contributed by atoms with Gasteiger partial charge in [0, 0.05) is 6.04 Å². The van der Waals surface area contributed by atoms with Gasteiger partial charge in [-0.3, -0.25) is 4.90 Å². The van der Waals surface area contributed by atoms with Crippen molar-refractivity contribution in [3.8, 4) is 5.75 Å². The highest BCUT2D eigenvalue weighted by Crippen LogP contribution is 2.34. The molecule has 0 amide bonds. The average Bonchev–Trinajstić information content (AvgIpc) is 2.78. The Morgan fingerprint density at radius 3 is 2.44 bits per heavy atom. The summed E-state index contributed by atoms with van der Waals surface area (Å²) in [7, 11) is 0. The second-order valence-corrected chi connectivity index (χ2v) is 5.47. The molecule has 2 rings (SSSR count). The first-order valence-corrected chi connectivity index (χ1v) is 7.21.